The highest BCUT2D eigenvalue weighted by molar-refractivity contribution is 6.10. The third-order valence-corrected chi connectivity index (χ3v) is 6.03. The van der Waals surface area contributed by atoms with E-state index in [2.05, 4.69) is 13.8 Å². The maximum atomic E-state index is 12.4. The van der Waals surface area contributed by atoms with Crippen LogP contribution in [0.1, 0.15) is 65.8 Å². The molecule has 0 aliphatic rings. The van der Waals surface area contributed by atoms with E-state index in [1.807, 2.05) is 60.7 Å². The summed E-state index contributed by atoms with van der Waals surface area (Å²) in [5.41, 5.74) is 3.46. The van der Waals surface area contributed by atoms with Crippen molar-refractivity contribution in [1.29, 1.82) is 0 Å². The van der Waals surface area contributed by atoms with Gasteiger partial charge in [-0.2, -0.15) is 0 Å². The molecule has 0 bridgehead atoms. The van der Waals surface area contributed by atoms with E-state index < -0.39 is 11.9 Å². The molecule has 0 spiro atoms. The van der Waals surface area contributed by atoms with Crippen LogP contribution in [0.4, 0.5) is 0 Å². The molecule has 4 heteroatoms. The molecule has 0 saturated heterocycles. The van der Waals surface area contributed by atoms with Gasteiger partial charge in [0.15, 0.2) is 0 Å². The number of carboxylic acids is 2. The van der Waals surface area contributed by atoms with Gasteiger partial charge in [-0.1, -0.05) is 100 Å². The highest BCUT2D eigenvalue weighted by atomic mass is 16.4. The Labute approximate surface area is 189 Å². The van der Waals surface area contributed by atoms with Gasteiger partial charge in [-0.05, 0) is 40.7 Å². The highest BCUT2D eigenvalue weighted by Crippen LogP contribution is 2.41. The third kappa shape index (κ3) is 5.08. The lowest BCUT2D eigenvalue weighted by molar-refractivity contribution is 0.0652. The van der Waals surface area contributed by atoms with Crippen molar-refractivity contribution in [1.82, 2.24) is 0 Å². The number of rotatable bonds is 10. The van der Waals surface area contributed by atoms with Crippen molar-refractivity contribution in [2.75, 3.05) is 0 Å². The smallest absolute Gasteiger partial charge is 0.337 e. The normalized spacial score (nSPS) is 11.8. The molecule has 4 nitrogen and oxygen atoms in total. The Morgan fingerprint density at radius 1 is 0.812 bits per heavy atom. The Bertz CT molecular complexity index is 1070. The van der Waals surface area contributed by atoms with Crippen LogP contribution in [0.25, 0.3) is 22.3 Å². The summed E-state index contributed by atoms with van der Waals surface area (Å²) in [6, 6.07) is 20.5. The van der Waals surface area contributed by atoms with Gasteiger partial charge < -0.3 is 10.2 Å². The zero-order chi connectivity index (χ0) is 23.1. The number of aromatic carboxylic acids is 2. The standard InChI is InChI=1S/C28H30O4/c1-3-5-12-19(4-2)17-22-18-23(27(29)30)26(28(31)32)25(21-15-10-7-11-16-21)24(22)20-13-8-6-9-14-20/h6-11,13-16,18-19H,3-5,12,17H2,1-2H3,(H,29,30)(H,31,32). The molecule has 3 aromatic rings. The van der Waals surface area contributed by atoms with Gasteiger partial charge in [0.05, 0.1) is 11.1 Å². The molecular weight excluding hydrogens is 400 g/mol. The molecule has 0 heterocycles. The average Bonchev–Trinajstić information content (AvgIpc) is 2.81. The van der Waals surface area contributed by atoms with Crippen LogP contribution >= 0.6 is 0 Å². The Balaban J connectivity index is 2.39. The van der Waals surface area contributed by atoms with E-state index in [-0.39, 0.29) is 11.1 Å². The fourth-order valence-electron chi connectivity index (χ4n) is 4.37. The second-order valence-electron chi connectivity index (χ2n) is 8.17. The lowest BCUT2D eigenvalue weighted by atomic mass is 9.80. The summed E-state index contributed by atoms with van der Waals surface area (Å²) in [6.45, 7) is 4.32. The lowest BCUT2D eigenvalue weighted by Gasteiger charge is -2.23. The number of carboxylic acid groups (broad SMARTS) is 2. The van der Waals surface area contributed by atoms with Gasteiger partial charge in [0.25, 0.3) is 0 Å². The van der Waals surface area contributed by atoms with Gasteiger partial charge in [-0.15, -0.1) is 0 Å². The van der Waals surface area contributed by atoms with Crippen LogP contribution < -0.4 is 0 Å². The molecule has 0 saturated carbocycles. The van der Waals surface area contributed by atoms with E-state index in [1.54, 1.807) is 6.07 Å². The molecule has 1 atom stereocenters. The number of hydrogen-bond acceptors (Lipinski definition) is 2. The molecule has 0 aromatic heterocycles. The first kappa shape index (κ1) is 23.3. The maximum Gasteiger partial charge on any atom is 0.337 e. The minimum atomic E-state index is -1.23. The van der Waals surface area contributed by atoms with E-state index in [9.17, 15) is 19.8 Å². The van der Waals surface area contributed by atoms with E-state index >= 15 is 0 Å². The predicted molar refractivity (Wildman–Crippen MR) is 128 cm³/mol. The summed E-state index contributed by atoms with van der Waals surface area (Å²) in [6.07, 6.45) is 4.98. The van der Waals surface area contributed by atoms with Crippen LogP contribution in [-0.2, 0) is 6.42 Å². The van der Waals surface area contributed by atoms with E-state index in [0.29, 0.717) is 23.5 Å². The van der Waals surface area contributed by atoms with Crippen molar-refractivity contribution in [3.8, 4) is 22.3 Å². The number of unbranched alkanes of at least 4 members (excludes halogenated alkanes) is 1. The number of carbonyl (C=O) groups is 2. The molecular formula is C28H30O4. The molecule has 0 radical (unpaired) electrons. The molecule has 166 valence electrons. The van der Waals surface area contributed by atoms with E-state index in [4.69, 9.17) is 0 Å². The summed E-state index contributed by atoms with van der Waals surface area (Å²) < 4.78 is 0. The van der Waals surface area contributed by atoms with Gasteiger partial charge in [0, 0.05) is 5.56 Å². The Morgan fingerprint density at radius 2 is 1.38 bits per heavy atom. The third-order valence-electron chi connectivity index (χ3n) is 6.03. The second-order valence-corrected chi connectivity index (χ2v) is 8.17. The number of benzene rings is 3. The summed E-state index contributed by atoms with van der Waals surface area (Å²) in [5, 5.41) is 20.0. The average molecular weight is 431 g/mol. The van der Waals surface area contributed by atoms with Gasteiger partial charge in [0.1, 0.15) is 0 Å². The molecule has 2 N–H and O–H groups in total. The van der Waals surface area contributed by atoms with E-state index in [0.717, 1.165) is 42.4 Å². The molecule has 0 aliphatic heterocycles. The molecule has 3 rings (SSSR count). The van der Waals surface area contributed by atoms with Gasteiger partial charge in [-0.25, -0.2) is 9.59 Å². The van der Waals surface area contributed by atoms with Crippen LogP contribution in [0.3, 0.4) is 0 Å². The van der Waals surface area contributed by atoms with Crippen molar-refractivity contribution in [2.24, 2.45) is 5.92 Å². The quantitative estimate of drug-likeness (QED) is 0.357. The van der Waals surface area contributed by atoms with E-state index in [1.165, 1.54) is 0 Å². The molecule has 32 heavy (non-hydrogen) atoms. The van der Waals surface area contributed by atoms with Gasteiger partial charge in [0.2, 0.25) is 0 Å². The summed E-state index contributed by atoms with van der Waals surface area (Å²) >= 11 is 0. The fourth-order valence-corrected chi connectivity index (χ4v) is 4.37. The highest BCUT2D eigenvalue weighted by Gasteiger charge is 2.28. The Morgan fingerprint density at radius 3 is 1.84 bits per heavy atom. The van der Waals surface area contributed by atoms with Crippen LogP contribution in [0, 0.1) is 5.92 Å². The topological polar surface area (TPSA) is 74.6 Å². The molecule has 1 unspecified atom stereocenters. The van der Waals surface area contributed by atoms with Crippen molar-refractivity contribution < 1.29 is 19.8 Å². The first-order valence-corrected chi connectivity index (χ1v) is 11.2. The molecule has 0 amide bonds. The molecule has 3 aromatic carbocycles. The van der Waals surface area contributed by atoms with Crippen LogP contribution in [0.2, 0.25) is 0 Å². The van der Waals surface area contributed by atoms with Gasteiger partial charge in [-0.3, -0.25) is 0 Å². The SMILES string of the molecule is CCCCC(CC)Cc1cc(C(=O)O)c(C(=O)O)c(-c2ccccc2)c1-c1ccccc1. The number of hydrogen-bond donors (Lipinski definition) is 2. The first-order valence-electron chi connectivity index (χ1n) is 11.2. The second kappa shape index (κ2) is 10.8. The van der Waals surface area contributed by atoms with Crippen molar-refractivity contribution in [2.45, 2.75) is 46.0 Å². The zero-order valence-corrected chi connectivity index (χ0v) is 18.7. The predicted octanol–water partition coefficient (Wildman–Crippen LogP) is 7.18. The van der Waals surface area contributed by atoms with Crippen molar-refractivity contribution >= 4 is 11.9 Å². The zero-order valence-electron chi connectivity index (χ0n) is 18.7. The monoisotopic (exact) mass is 430 g/mol. The minimum absolute atomic E-state index is 0.156. The fraction of sp³-hybridized carbons (Fsp3) is 0.286. The maximum absolute atomic E-state index is 12.4. The van der Waals surface area contributed by atoms with Gasteiger partial charge >= 0.3 is 11.9 Å². The van der Waals surface area contributed by atoms with Crippen LogP contribution in [0.5, 0.6) is 0 Å². The minimum Gasteiger partial charge on any atom is -0.478 e. The Hall–Kier alpha value is -3.40. The summed E-state index contributed by atoms with van der Waals surface area (Å²) in [5.74, 6) is -2.05. The van der Waals surface area contributed by atoms with Crippen LogP contribution in [0.15, 0.2) is 66.7 Å². The van der Waals surface area contributed by atoms with Crippen molar-refractivity contribution in [3.05, 3.63) is 83.4 Å². The molecule has 0 fully saturated rings. The molecule has 0 aliphatic carbocycles. The van der Waals surface area contributed by atoms with Crippen molar-refractivity contribution in [3.63, 3.8) is 0 Å². The Kier molecular flexibility index (Phi) is 7.82. The summed E-state index contributed by atoms with van der Waals surface area (Å²) in [4.78, 5) is 24.5. The first-order chi connectivity index (χ1) is 15.5. The van der Waals surface area contributed by atoms with Crippen LogP contribution in [-0.4, -0.2) is 22.2 Å². The summed E-state index contributed by atoms with van der Waals surface area (Å²) in [7, 11) is 0. The lowest BCUT2D eigenvalue weighted by Crippen LogP contribution is -2.14. The largest absolute Gasteiger partial charge is 0.478 e.